The Hall–Kier alpha value is -3.67. The van der Waals surface area contributed by atoms with E-state index in [1.54, 1.807) is 18.2 Å². The van der Waals surface area contributed by atoms with Crippen molar-refractivity contribution in [2.24, 2.45) is 0 Å². The van der Waals surface area contributed by atoms with Crippen LogP contribution < -0.4 is 5.32 Å². The predicted octanol–water partition coefficient (Wildman–Crippen LogP) is 7.17. The topological polar surface area (TPSA) is 60.1 Å². The second-order valence-corrected chi connectivity index (χ2v) is 9.51. The first-order valence-electron chi connectivity index (χ1n) is 12.2. The van der Waals surface area contributed by atoms with Crippen LogP contribution in [-0.4, -0.2) is 15.5 Å². The second-order valence-electron chi connectivity index (χ2n) is 9.51. The Bertz CT molecular complexity index is 1350. The van der Waals surface area contributed by atoms with E-state index in [1.807, 2.05) is 19.3 Å². The zero-order chi connectivity index (χ0) is 24.5. The normalized spacial score (nSPS) is 14.9. The molecule has 1 unspecified atom stereocenters. The Morgan fingerprint density at radius 3 is 2.54 bits per heavy atom. The number of halogens is 1. The highest BCUT2D eigenvalue weighted by Gasteiger charge is 2.26. The molecule has 0 bridgehead atoms. The van der Waals surface area contributed by atoms with Crippen molar-refractivity contribution in [2.45, 2.75) is 58.5 Å². The zero-order valence-corrected chi connectivity index (χ0v) is 20.3. The van der Waals surface area contributed by atoms with E-state index in [9.17, 15) is 9.18 Å². The van der Waals surface area contributed by atoms with E-state index in [-0.39, 0.29) is 23.5 Å². The van der Waals surface area contributed by atoms with E-state index in [0.717, 1.165) is 40.9 Å². The molecule has 1 amide bonds. The Labute approximate surface area is 205 Å². The molecule has 35 heavy (non-hydrogen) atoms. The van der Waals surface area contributed by atoms with Gasteiger partial charge >= 0.3 is 0 Å². The van der Waals surface area contributed by atoms with Gasteiger partial charge in [0.1, 0.15) is 11.5 Å². The summed E-state index contributed by atoms with van der Waals surface area (Å²) in [6, 6.07) is 16.2. The molecule has 1 N–H and O–H groups in total. The molecule has 180 valence electrons. The van der Waals surface area contributed by atoms with Crippen LogP contribution in [0.25, 0.3) is 22.7 Å². The lowest BCUT2D eigenvalue weighted by molar-refractivity contribution is 0.0912. The summed E-state index contributed by atoms with van der Waals surface area (Å²) >= 11 is 0. The minimum Gasteiger partial charge on any atom is -0.449 e. The number of amides is 1. The van der Waals surface area contributed by atoms with Crippen molar-refractivity contribution >= 4 is 5.91 Å². The smallest absolute Gasteiger partial charge is 0.287 e. The third-order valence-corrected chi connectivity index (χ3v) is 6.93. The Kier molecular flexibility index (Phi) is 6.29. The SMILES string of the molecule is Cc1ccc(C(C)NC(=O)c2ccc(-c3c(-c4ccc(F)cc4)ncn3C3CCCC3)o2)c(C)c1. The van der Waals surface area contributed by atoms with Gasteiger partial charge in [-0.15, -0.1) is 0 Å². The summed E-state index contributed by atoms with van der Waals surface area (Å²) in [6.45, 7) is 6.08. The fraction of sp³-hybridized carbons (Fsp3) is 0.310. The van der Waals surface area contributed by atoms with Crippen LogP contribution >= 0.6 is 0 Å². The minimum atomic E-state index is -0.291. The molecule has 0 radical (unpaired) electrons. The molecule has 4 aromatic rings. The lowest BCUT2D eigenvalue weighted by Gasteiger charge is -2.16. The van der Waals surface area contributed by atoms with E-state index in [1.165, 1.54) is 30.5 Å². The van der Waals surface area contributed by atoms with Crippen molar-refractivity contribution in [1.82, 2.24) is 14.9 Å². The first-order valence-corrected chi connectivity index (χ1v) is 12.2. The molecule has 0 spiro atoms. The number of nitrogens with one attached hydrogen (secondary N) is 1. The maximum atomic E-state index is 13.6. The third kappa shape index (κ3) is 4.65. The van der Waals surface area contributed by atoms with Crippen LogP contribution in [0, 0.1) is 19.7 Å². The van der Waals surface area contributed by atoms with Crippen LogP contribution in [0.1, 0.15) is 71.9 Å². The van der Waals surface area contributed by atoms with E-state index in [0.29, 0.717) is 11.8 Å². The summed E-state index contributed by atoms with van der Waals surface area (Å²) < 4.78 is 21.8. The summed E-state index contributed by atoms with van der Waals surface area (Å²) in [5.74, 6) is 0.276. The van der Waals surface area contributed by atoms with Crippen LogP contribution in [0.3, 0.4) is 0 Å². The standard InChI is InChI=1S/C29H30FN3O2/c1-18-8-13-24(19(2)16-18)20(3)32-29(34)26-15-14-25(35-26)28-27(21-9-11-22(30)12-10-21)31-17-33(28)23-6-4-5-7-23/h8-17,20,23H,4-7H2,1-3H3,(H,32,34). The minimum absolute atomic E-state index is 0.157. The third-order valence-electron chi connectivity index (χ3n) is 6.93. The first kappa shape index (κ1) is 23.1. The summed E-state index contributed by atoms with van der Waals surface area (Å²) in [4.78, 5) is 17.7. The number of hydrogen-bond donors (Lipinski definition) is 1. The molecule has 2 aromatic carbocycles. The fourth-order valence-electron chi connectivity index (χ4n) is 5.13. The first-order chi connectivity index (χ1) is 16.9. The molecule has 0 saturated heterocycles. The molecule has 1 aliphatic carbocycles. The van der Waals surface area contributed by atoms with Gasteiger partial charge in [-0.1, -0.05) is 36.6 Å². The lowest BCUT2D eigenvalue weighted by atomic mass is 10.0. The predicted molar refractivity (Wildman–Crippen MR) is 135 cm³/mol. The molecule has 2 heterocycles. The summed E-state index contributed by atoms with van der Waals surface area (Å²) in [5.41, 5.74) is 5.77. The quantitative estimate of drug-likeness (QED) is 0.324. The highest BCUT2D eigenvalue weighted by atomic mass is 19.1. The van der Waals surface area contributed by atoms with Crippen LogP contribution in [-0.2, 0) is 0 Å². The van der Waals surface area contributed by atoms with Crippen LogP contribution in [0.5, 0.6) is 0 Å². The number of aromatic nitrogens is 2. The van der Waals surface area contributed by atoms with Gasteiger partial charge in [-0.2, -0.15) is 0 Å². The van der Waals surface area contributed by atoms with E-state index >= 15 is 0 Å². The molecular formula is C29H30FN3O2. The average Bonchev–Trinajstić information content (AvgIpc) is 3.59. The zero-order valence-electron chi connectivity index (χ0n) is 20.3. The van der Waals surface area contributed by atoms with Crippen LogP contribution in [0.4, 0.5) is 4.39 Å². The van der Waals surface area contributed by atoms with Gasteiger partial charge in [-0.3, -0.25) is 4.79 Å². The number of nitrogens with zero attached hydrogens (tertiary/aromatic N) is 2. The number of aryl methyl sites for hydroxylation is 2. The van der Waals surface area contributed by atoms with Crippen molar-refractivity contribution < 1.29 is 13.6 Å². The van der Waals surface area contributed by atoms with Gasteiger partial charge in [0.2, 0.25) is 0 Å². The molecule has 1 atom stereocenters. The van der Waals surface area contributed by atoms with Gasteiger partial charge in [0.05, 0.1) is 18.1 Å². The van der Waals surface area contributed by atoms with Crippen LogP contribution in [0.15, 0.2) is 65.3 Å². The lowest BCUT2D eigenvalue weighted by Crippen LogP contribution is -2.26. The molecule has 1 aliphatic rings. The summed E-state index contributed by atoms with van der Waals surface area (Å²) in [7, 11) is 0. The highest BCUT2D eigenvalue weighted by Crippen LogP contribution is 2.39. The molecule has 1 fully saturated rings. The summed E-state index contributed by atoms with van der Waals surface area (Å²) in [5, 5.41) is 3.06. The Morgan fingerprint density at radius 2 is 1.83 bits per heavy atom. The van der Waals surface area contributed by atoms with Gasteiger partial charge in [0, 0.05) is 11.6 Å². The number of furan rings is 1. The van der Waals surface area contributed by atoms with Crippen molar-refractivity contribution in [3.63, 3.8) is 0 Å². The number of carbonyl (C=O) groups is 1. The molecule has 6 heteroatoms. The largest absolute Gasteiger partial charge is 0.449 e. The van der Waals surface area contributed by atoms with E-state index < -0.39 is 0 Å². The molecule has 5 rings (SSSR count). The monoisotopic (exact) mass is 471 g/mol. The maximum Gasteiger partial charge on any atom is 0.287 e. The fourth-order valence-corrected chi connectivity index (χ4v) is 5.13. The summed E-state index contributed by atoms with van der Waals surface area (Å²) in [6.07, 6.45) is 6.35. The molecule has 1 saturated carbocycles. The molecular weight excluding hydrogens is 441 g/mol. The van der Waals surface area contributed by atoms with E-state index in [2.05, 4.69) is 46.9 Å². The molecule has 0 aliphatic heterocycles. The number of hydrogen-bond acceptors (Lipinski definition) is 3. The van der Waals surface area contributed by atoms with Crippen molar-refractivity contribution in [1.29, 1.82) is 0 Å². The molecule has 5 nitrogen and oxygen atoms in total. The average molecular weight is 472 g/mol. The highest BCUT2D eigenvalue weighted by molar-refractivity contribution is 5.92. The van der Waals surface area contributed by atoms with Crippen LogP contribution in [0.2, 0.25) is 0 Å². The van der Waals surface area contributed by atoms with Crippen molar-refractivity contribution in [2.75, 3.05) is 0 Å². The Balaban J connectivity index is 1.45. The number of imidazole rings is 1. The number of rotatable bonds is 6. The number of benzene rings is 2. The van der Waals surface area contributed by atoms with Gasteiger partial charge in [0.15, 0.2) is 11.5 Å². The van der Waals surface area contributed by atoms with Gasteiger partial charge in [-0.25, -0.2) is 9.37 Å². The van der Waals surface area contributed by atoms with Gasteiger partial charge in [-0.05, 0) is 81.1 Å². The van der Waals surface area contributed by atoms with Gasteiger partial charge < -0.3 is 14.3 Å². The maximum absolute atomic E-state index is 13.6. The molecule has 2 aromatic heterocycles. The second kappa shape index (κ2) is 9.53. The van der Waals surface area contributed by atoms with Gasteiger partial charge in [0.25, 0.3) is 5.91 Å². The number of carbonyl (C=O) groups excluding carboxylic acids is 1. The van der Waals surface area contributed by atoms with E-state index in [4.69, 9.17) is 4.42 Å². The Morgan fingerprint density at radius 1 is 1.09 bits per heavy atom. The van der Waals surface area contributed by atoms with Crippen molar-refractivity contribution in [3.05, 3.63) is 89.2 Å². The van der Waals surface area contributed by atoms with Crippen molar-refractivity contribution in [3.8, 4) is 22.7 Å².